The minimum absolute atomic E-state index is 0.0161. The number of rotatable bonds is 2. The summed E-state index contributed by atoms with van der Waals surface area (Å²) in [7, 11) is 0. The van der Waals surface area contributed by atoms with Crippen molar-refractivity contribution < 1.29 is 5.11 Å². The van der Waals surface area contributed by atoms with E-state index >= 15 is 0 Å². The third-order valence-electron chi connectivity index (χ3n) is 2.00. The molecular weight excluding hydrogens is 192 g/mol. The molecule has 0 spiro atoms. The summed E-state index contributed by atoms with van der Waals surface area (Å²) in [4.78, 5) is 17.7. The number of aromatic hydroxyl groups is 1. The predicted octanol–water partition coefficient (Wildman–Crippen LogP) is 1.07. The van der Waals surface area contributed by atoms with Gasteiger partial charge in [-0.25, -0.2) is 0 Å². The highest BCUT2D eigenvalue weighted by atomic mass is 16.3. The monoisotopic (exact) mass is 202 g/mol. The fraction of sp³-hybridized carbons (Fsp3) is 0.0909. The van der Waals surface area contributed by atoms with E-state index in [9.17, 15) is 9.90 Å². The second kappa shape index (κ2) is 3.96. The number of hydrogen-bond donors (Lipinski definition) is 2. The number of hydrogen-bond acceptors (Lipinski definition) is 3. The van der Waals surface area contributed by atoms with E-state index in [0.717, 1.165) is 11.6 Å². The molecule has 0 aliphatic carbocycles. The topological polar surface area (TPSA) is 66.0 Å². The van der Waals surface area contributed by atoms with E-state index in [1.807, 2.05) is 12.1 Å². The second-order valence-electron chi connectivity index (χ2n) is 3.27. The fourth-order valence-corrected chi connectivity index (χ4v) is 1.40. The van der Waals surface area contributed by atoms with E-state index in [1.54, 1.807) is 12.4 Å². The van der Waals surface area contributed by atoms with Crippen LogP contribution < -0.4 is 5.56 Å². The van der Waals surface area contributed by atoms with Gasteiger partial charge in [0.2, 0.25) is 0 Å². The zero-order valence-electron chi connectivity index (χ0n) is 7.97. The Balaban J connectivity index is 2.29. The van der Waals surface area contributed by atoms with Crippen molar-refractivity contribution >= 4 is 0 Å². The van der Waals surface area contributed by atoms with Gasteiger partial charge in [-0.3, -0.25) is 9.78 Å². The maximum absolute atomic E-state index is 11.1. The van der Waals surface area contributed by atoms with Crippen LogP contribution in [0.1, 0.15) is 11.3 Å². The van der Waals surface area contributed by atoms with Gasteiger partial charge >= 0.3 is 0 Å². The van der Waals surface area contributed by atoms with Crippen molar-refractivity contribution in [3.63, 3.8) is 0 Å². The summed E-state index contributed by atoms with van der Waals surface area (Å²) in [5.41, 5.74) is 1.36. The minimum Gasteiger partial charge on any atom is -0.508 e. The van der Waals surface area contributed by atoms with Gasteiger partial charge in [-0.05, 0) is 17.7 Å². The van der Waals surface area contributed by atoms with Gasteiger partial charge in [0, 0.05) is 30.6 Å². The lowest BCUT2D eigenvalue weighted by atomic mass is 10.1. The molecule has 0 aliphatic heterocycles. The summed E-state index contributed by atoms with van der Waals surface area (Å²) in [5.74, 6) is -0.0161. The van der Waals surface area contributed by atoms with Gasteiger partial charge < -0.3 is 10.1 Å². The van der Waals surface area contributed by atoms with Gasteiger partial charge in [0.15, 0.2) is 0 Å². The number of nitrogens with zero attached hydrogens (tertiary/aromatic N) is 1. The third kappa shape index (κ3) is 2.43. The van der Waals surface area contributed by atoms with Gasteiger partial charge in [-0.1, -0.05) is 6.07 Å². The van der Waals surface area contributed by atoms with Gasteiger partial charge in [-0.2, -0.15) is 0 Å². The molecule has 4 nitrogen and oxygen atoms in total. The normalized spacial score (nSPS) is 10.1. The Bertz CT molecular complexity index is 505. The molecule has 0 fully saturated rings. The zero-order chi connectivity index (χ0) is 10.7. The summed E-state index contributed by atoms with van der Waals surface area (Å²) >= 11 is 0. The summed E-state index contributed by atoms with van der Waals surface area (Å²) in [6.07, 6.45) is 3.97. The molecule has 2 rings (SSSR count). The van der Waals surface area contributed by atoms with Crippen LogP contribution in [0, 0.1) is 0 Å². The number of aromatic amines is 1. The number of nitrogens with one attached hydrogen (secondary N) is 1. The van der Waals surface area contributed by atoms with E-state index in [0.29, 0.717) is 12.1 Å². The molecular formula is C11H10N2O2. The summed E-state index contributed by atoms with van der Waals surface area (Å²) < 4.78 is 0. The molecule has 4 heteroatoms. The van der Waals surface area contributed by atoms with Crippen molar-refractivity contribution in [3.8, 4) is 5.75 Å². The molecule has 0 radical (unpaired) electrons. The molecule has 2 heterocycles. The first kappa shape index (κ1) is 9.45. The fourth-order valence-electron chi connectivity index (χ4n) is 1.40. The minimum atomic E-state index is -0.297. The molecule has 2 N–H and O–H groups in total. The highest BCUT2D eigenvalue weighted by Gasteiger charge is 1.99. The van der Waals surface area contributed by atoms with E-state index in [-0.39, 0.29) is 11.3 Å². The van der Waals surface area contributed by atoms with Crippen LogP contribution in [0.5, 0.6) is 5.75 Å². The summed E-state index contributed by atoms with van der Waals surface area (Å²) in [5, 5.41) is 9.24. The zero-order valence-corrected chi connectivity index (χ0v) is 7.97. The molecule has 0 aromatic carbocycles. The second-order valence-corrected chi connectivity index (χ2v) is 3.27. The molecule has 0 atom stereocenters. The summed E-state index contributed by atoms with van der Waals surface area (Å²) in [6.45, 7) is 0. The average molecular weight is 202 g/mol. The standard InChI is InChI=1S/C11H10N2O2/c14-10-5-9(13-11(15)6-10)4-8-2-1-3-12-7-8/h1-3,5-7H,4H2,(H2,13,14,15). The van der Waals surface area contributed by atoms with Crippen LogP contribution in [-0.4, -0.2) is 15.1 Å². The van der Waals surface area contributed by atoms with E-state index in [4.69, 9.17) is 0 Å². The van der Waals surface area contributed by atoms with Gasteiger partial charge in [-0.15, -0.1) is 0 Å². The van der Waals surface area contributed by atoms with Crippen molar-refractivity contribution in [2.24, 2.45) is 0 Å². The number of H-pyrrole nitrogens is 1. The van der Waals surface area contributed by atoms with Crippen molar-refractivity contribution in [3.05, 3.63) is 58.3 Å². The van der Waals surface area contributed by atoms with Gasteiger partial charge in [0.1, 0.15) is 5.75 Å². The molecule has 0 bridgehead atoms. The largest absolute Gasteiger partial charge is 0.508 e. The van der Waals surface area contributed by atoms with Crippen LogP contribution in [0.15, 0.2) is 41.5 Å². The summed E-state index contributed by atoms with van der Waals surface area (Å²) in [6, 6.07) is 6.42. The first-order valence-electron chi connectivity index (χ1n) is 4.55. The maximum Gasteiger partial charge on any atom is 0.251 e. The van der Waals surface area contributed by atoms with Crippen molar-refractivity contribution in [2.45, 2.75) is 6.42 Å². The maximum atomic E-state index is 11.1. The SMILES string of the molecule is O=c1cc(O)cc(Cc2cccnc2)[nH]1. The van der Waals surface area contributed by atoms with Crippen molar-refractivity contribution in [1.29, 1.82) is 0 Å². The molecule has 0 saturated carbocycles. The lowest BCUT2D eigenvalue weighted by molar-refractivity contribution is 0.473. The van der Waals surface area contributed by atoms with Crippen LogP contribution >= 0.6 is 0 Å². The van der Waals surface area contributed by atoms with Crippen LogP contribution in [0.4, 0.5) is 0 Å². The number of aromatic nitrogens is 2. The van der Waals surface area contributed by atoms with Crippen LogP contribution in [-0.2, 0) is 6.42 Å². The third-order valence-corrected chi connectivity index (χ3v) is 2.00. The molecule has 2 aromatic heterocycles. The molecule has 76 valence electrons. The molecule has 0 aliphatic rings. The molecule has 2 aromatic rings. The molecule has 0 amide bonds. The van der Waals surface area contributed by atoms with Crippen molar-refractivity contribution in [1.82, 2.24) is 9.97 Å². The quantitative estimate of drug-likeness (QED) is 0.765. The Morgan fingerprint density at radius 2 is 2.27 bits per heavy atom. The highest BCUT2D eigenvalue weighted by molar-refractivity contribution is 5.25. The molecule has 15 heavy (non-hydrogen) atoms. The Kier molecular flexibility index (Phi) is 2.49. The Hall–Kier alpha value is -2.10. The van der Waals surface area contributed by atoms with Gasteiger partial charge in [0.05, 0.1) is 0 Å². The molecule has 0 saturated heterocycles. The van der Waals surface area contributed by atoms with Crippen LogP contribution in [0.2, 0.25) is 0 Å². The highest BCUT2D eigenvalue weighted by Crippen LogP contribution is 2.09. The smallest absolute Gasteiger partial charge is 0.251 e. The Morgan fingerprint density at radius 1 is 1.40 bits per heavy atom. The lowest BCUT2D eigenvalue weighted by Crippen LogP contribution is -2.07. The van der Waals surface area contributed by atoms with E-state index in [2.05, 4.69) is 9.97 Å². The Morgan fingerprint density at radius 3 is 2.93 bits per heavy atom. The first-order chi connectivity index (χ1) is 7.24. The number of pyridine rings is 2. The first-order valence-corrected chi connectivity index (χ1v) is 4.55. The van der Waals surface area contributed by atoms with Gasteiger partial charge in [0.25, 0.3) is 5.56 Å². The average Bonchev–Trinajstić information content (AvgIpc) is 2.17. The van der Waals surface area contributed by atoms with Crippen molar-refractivity contribution in [2.75, 3.05) is 0 Å². The lowest BCUT2D eigenvalue weighted by Gasteiger charge is -2.01. The van der Waals surface area contributed by atoms with E-state index < -0.39 is 0 Å². The van der Waals surface area contributed by atoms with Crippen LogP contribution in [0.25, 0.3) is 0 Å². The Labute approximate surface area is 86.2 Å². The molecule has 0 unspecified atom stereocenters. The van der Waals surface area contributed by atoms with E-state index in [1.165, 1.54) is 6.07 Å². The van der Waals surface area contributed by atoms with Crippen LogP contribution in [0.3, 0.4) is 0 Å². The predicted molar refractivity (Wildman–Crippen MR) is 55.8 cm³/mol.